The van der Waals surface area contributed by atoms with E-state index in [2.05, 4.69) is 23.2 Å². The van der Waals surface area contributed by atoms with E-state index >= 15 is 0 Å². The van der Waals surface area contributed by atoms with Gasteiger partial charge < -0.3 is 4.90 Å². The summed E-state index contributed by atoms with van der Waals surface area (Å²) in [4.78, 5) is 15.8. The van der Waals surface area contributed by atoms with Crippen molar-refractivity contribution in [1.82, 2.24) is 4.90 Å². The molecule has 0 spiro atoms. The zero-order valence-corrected chi connectivity index (χ0v) is 12.1. The molecule has 0 fully saturated rings. The van der Waals surface area contributed by atoms with Gasteiger partial charge in [-0.25, -0.2) is 15.0 Å². The van der Waals surface area contributed by atoms with E-state index < -0.39 is 0 Å². The molecule has 2 aliphatic heterocycles. The number of nitrogens with zero attached hydrogens (tertiary/aromatic N) is 4. The van der Waals surface area contributed by atoms with Gasteiger partial charge in [-0.1, -0.05) is 48.5 Å². The van der Waals surface area contributed by atoms with Crippen molar-refractivity contribution in [2.75, 3.05) is 7.05 Å². The van der Waals surface area contributed by atoms with E-state index in [1.54, 1.807) is 12.5 Å². The highest BCUT2D eigenvalue weighted by atomic mass is 15.2. The Kier molecular flexibility index (Phi) is 2.93. The molecule has 2 aromatic carbocycles. The van der Waals surface area contributed by atoms with Crippen LogP contribution in [0.15, 0.2) is 81.5 Å². The Morgan fingerprint density at radius 1 is 0.864 bits per heavy atom. The number of aliphatic imine (C=N–C) groups is 3. The average molecular weight is 286 g/mol. The molecule has 0 unspecified atom stereocenters. The molecule has 2 aromatic rings. The van der Waals surface area contributed by atoms with E-state index in [1.807, 2.05) is 48.3 Å². The van der Waals surface area contributed by atoms with Crippen LogP contribution in [0.3, 0.4) is 0 Å². The fourth-order valence-electron chi connectivity index (χ4n) is 2.59. The molecule has 4 heteroatoms. The molecular formula is C18H14N4. The fourth-order valence-corrected chi connectivity index (χ4v) is 2.59. The maximum Gasteiger partial charge on any atom is 0.161 e. The summed E-state index contributed by atoms with van der Waals surface area (Å²) in [6.45, 7) is 0. The molecule has 0 radical (unpaired) electrons. The second-order valence-corrected chi connectivity index (χ2v) is 5.17. The molecule has 106 valence electrons. The second-order valence-electron chi connectivity index (χ2n) is 5.17. The zero-order valence-electron chi connectivity index (χ0n) is 12.1. The van der Waals surface area contributed by atoms with Crippen molar-refractivity contribution in [2.24, 2.45) is 15.0 Å². The number of hydrogen-bond acceptors (Lipinski definition) is 4. The highest BCUT2D eigenvalue weighted by Gasteiger charge is 2.22. The number of amidine groups is 1. The van der Waals surface area contributed by atoms with Gasteiger partial charge in [0.25, 0.3) is 0 Å². The van der Waals surface area contributed by atoms with Gasteiger partial charge in [0.15, 0.2) is 5.84 Å². The van der Waals surface area contributed by atoms with Crippen molar-refractivity contribution in [3.63, 3.8) is 0 Å². The first-order chi connectivity index (χ1) is 10.8. The number of rotatable bonds is 1. The van der Waals surface area contributed by atoms with Crippen LogP contribution in [-0.2, 0) is 0 Å². The largest absolute Gasteiger partial charge is 0.318 e. The lowest BCUT2D eigenvalue weighted by molar-refractivity contribution is 0.765. The quantitative estimate of drug-likeness (QED) is 0.792. The van der Waals surface area contributed by atoms with Gasteiger partial charge in [0.1, 0.15) is 5.70 Å². The third-order valence-electron chi connectivity index (χ3n) is 3.66. The maximum atomic E-state index is 4.85. The Morgan fingerprint density at radius 3 is 2.50 bits per heavy atom. The predicted molar refractivity (Wildman–Crippen MR) is 90.0 cm³/mol. The highest BCUT2D eigenvalue weighted by Crippen LogP contribution is 2.28. The summed E-state index contributed by atoms with van der Waals surface area (Å²) in [7, 11) is 1.93. The summed E-state index contributed by atoms with van der Waals surface area (Å²) in [5.74, 6) is 0.813. The van der Waals surface area contributed by atoms with Crippen molar-refractivity contribution in [3.05, 3.63) is 77.6 Å². The van der Waals surface area contributed by atoms with Gasteiger partial charge in [0.2, 0.25) is 0 Å². The SMILES string of the molecule is CN1C=NC=C2N=C(c3ccccc3)c3ccccc3N=C21. The summed E-state index contributed by atoms with van der Waals surface area (Å²) in [5, 5.41) is 0. The normalized spacial score (nSPS) is 16.0. The summed E-state index contributed by atoms with van der Waals surface area (Å²) in [5.41, 5.74) is 4.73. The summed E-state index contributed by atoms with van der Waals surface area (Å²) >= 11 is 0. The van der Waals surface area contributed by atoms with Gasteiger partial charge in [-0.05, 0) is 6.07 Å². The number of para-hydroxylation sites is 1. The summed E-state index contributed by atoms with van der Waals surface area (Å²) in [6, 6.07) is 18.3. The van der Waals surface area contributed by atoms with Gasteiger partial charge in [-0.3, -0.25) is 0 Å². The van der Waals surface area contributed by atoms with Crippen molar-refractivity contribution >= 4 is 23.6 Å². The van der Waals surface area contributed by atoms with Crippen LogP contribution in [0.2, 0.25) is 0 Å². The number of fused-ring (bicyclic) bond motifs is 2. The summed E-state index contributed by atoms with van der Waals surface area (Å²) in [6.07, 6.45) is 3.50. The highest BCUT2D eigenvalue weighted by molar-refractivity contribution is 6.20. The first-order valence-corrected chi connectivity index (χ1v) is 7.12. The van der Waals surface area contributed by atoms with E-state index in [0.29, 0.717) is 0 Å². The lowest BCUT2D eigenvalue weighted by atomic mass is 10.0. The molecule has 0 saturated carbocycles. The molecule has 0 bridgehead atoms. The molecule has 0 aromatic heterocycles. The van der Waals surface area contributed by atoms with Gasteiger partial charge in [-0.15, -0.1) is 0 Å². The second kappa shape index (κ2) is 5.07. The van der Waals surface area contributed by atoms with Crippen LogP contribution in [0.25, 0.3) is 0 Å². The van der Waals surface area contributed by atoms with Gasteiger partial charge in [0, 0.05) is 18.2 Å². The van der Waals surface area contributed by atoms with E-state index in [-0.39, 0.29) is 0 Å². The molecule has 22 heavy (non-hydrogen) atoms. The topological polar surface area (TPSA) is 40.3 Å². The monoisotopic (exact) mass is 286 g/mol. The van der Waals surface area contributed by atoms with Crippen LogP contribution in [0.1, 0.15) is 11.1 Å². The zero-order chi connectivity index (χ0) is 14.9. The molecule has 2 heterocycles. The van der Waals surface area contributed by atoms with Crippen LogP contribution in [-0.4, -0.2) is 29.8 Å². The van der Waals surface area contributed by atoms with Crippen LogP contribution in [0, 0.1) is 0 Å². The average Bonchev–Trinajstić information content (AvgIpc) is 2.74. The Labute approximate surface area is 128 Å². The first kappa shape index (κ1) is 12.7. The predicted octanol–water partition coefficient (Wildman–Crippen LogP) is 3.38. The standard InChI is InChI=1S/C18H14N4/c1-22-12-19-11-16-18(22)21-15-10-6-5-9-14(15)17(20-16)13-7-3-2-4-8-13/h2-12H,1H3. The molecule has 0 amide bonds. The fraction of sp³-hybridized carbons (Fsp3) is 0.0556. The Morgan fingerprint density at radius 2 is 1.64 bits per heavy atom. The first-order valence-electron chi connectivity index (χ1n) is 7.12. The van der Waals surface area contributed by atoms with Crippen molar-refractivity contribution in [1.29, 1.82) is 0 Å². The Bertz CT molecular complexity index is 844. The Hall–Kier alpha value is -3.01. The van der Waals surface area contributed by atoms with Crippen LogP contribution in [0.5, 0.6) is 0 Å². The van der Waals surface area contributed by atoms with E-state index in [9.17, 15) is 0 Å². The lowest BCUT2D eigenvalue weighted by Crippen LogP contribution is -2.28. The molecule has 0 aliphatic carbocycles. The maximum absolute atomic E-state index is 4.85. The van der Waals surface area contributed by atoms with Gasteiger partial charge in [-0.2, -0.15) is 0 Å². The van der Waals surface area contributed by atoms with Crippen molar-refractivity contribution in [3.8, 4) is 0 Å². The van der Waals surface area contributed by atoms with Crippen LogP contribution >= 0.6 is 0 Å². The number of likely N-dealkylation sites (N-methyl/N-ethyl adjacent to an activating group) is 1. The summed E-state index contributed by atoms with van der Waals surface area (Å²) < 4.78 is 0. The van der Waals surface area contributed by atoms with E-state index in [0.717, 1.165) is 34.1 Å². The number of hydrogen-bond donors (Lipinski definition) is 0. The van der Waals surface area contributed by atoms with E-state index in [1.165, 1.54) is 0 Å². The van der Waals surface area contributed by atoms with Crippen molar-refractivity contribution in [2.45, 2.75) is 0 Å². The molecular weight excluding hydrogens is 272 g/mol. The van der Waals surface area contributed by atoms with Crippen LogP contribution in [0.4, 0.5) is 5.69 Å². The lowest BCUT2D eigenvalue weighted by Gasteiger charge is -2.18. The van der Waals surface area contributed by atoms with E-state index in [4.69, 9.17) is 9.98 Å². The third kappa shape index (κ3) is 2.05. The Balaban J connectivity index is 1.99. The molecule has 0 saturated heterocycles. The molecule has 4 rings (SSSR count). The molecule has 4 nitrogen and oxygen atoms in total. The molecule has 0 atom stereocenters. The van der Waals surface area contributed by atoms with Crippen LogP contribution < -0.4 is 0 Å². The molecule has 2 aliphatic rings. The van der Waals surface area contributed by atoms with Gasteiger partial charge in [0.05, 0.1) is 23.9 Å². The smallest absolute Gasteiger partial charge is 0.161 e. The minimum Gasteiger partial charge on any atom is -0.318 e. The third-order valence-corrected chi connectivity index (χ3v) is 3.66. The number of benzene rings is 2. The minimum atomic E-state index is 0.778. The minimum absolute atomic E-state index is 0.778. The van der Waals surface area contributed by atoms with Gasteiger partial charge >= 0.3 is 0 Å². The van der Waals surface area contributed by atoms with Crippen molar-refractivity contribution < 1.29 is 0 Å². The molecule has 0 N–H and O–H groups in total.